The van der Waals surface area contributed by atoms with Crippen molar-refractivity contribution >= 4 is 18.4 Å². The molecule has 0 amide bonds. The van der Waals surface area contributed by atoms with Gasteiger partial charge in [-0.1, -0.05) is 0 Å². The minimum Gasteiger partial charge on any atom is -0.466 e. The Morgan fingerprint density at radius 3 is 2.56 bits per heavy atom. The molecule has 4 heteroatoms. The van der Waals surface area contributed by atoms with Crippen LogP contribution in [0.15, 0.2) is 9.98 Å². The number of ether oxygens (including phenoxy) is 1. The summed E-state index contributed by atoms with van der Waals surface area (Å²) in [6, 6.07) is 0. The summed E-state index contributed by atoms with van der Waals surface area (Å²) in [5, 5.41) is 0. The first-order valence-electron chi connectivity index (χ1n) is 2.47. The number of rotatable bonds is 1. The van der Waals surface area contributed by atoms with Crippen molar-refractivity contribution in [3.8, 4) is 0 Å². The molecular formula is C5H6N2O2. The highest BCUT2D eigenvalue weighted by Gasteiger charge is 2.16. The number of methoxy groups -OCH3 is 1. The smallest absolute Gasteiger partial charge is 0.353 e. The van der Waals surface area contributed by atoms with Crippen molar-refractivity contribution in [2.24, 2.45) is 9.98 Å². The monoisotopic (exact) mass is 126 g/mol. The van der Waals surface area contributed by atoms with Gasteiger partial charge in [-0.15, -0.1) is 0 Å². The van der Waals surface area contributed by atoms with E-state index in [9.17, 15) is 4.79 Å². The van der Waals surface area contributed by atoms with E-state index in [-0.39, 0.29) is 0 Å². The number of hydrogen-bond acceptors (Lipinski definition) is 4. The Kier molecular flexibility index (Phi) is 1.58. The van der Waals surface area contributed by atoms with Crippen molar-refractivity contribution < 1.29 is 9.53 Å². The van der Waals surface area contributed by atoms with Gasteiger partial charge in [-0.2, -0.15) is 0 Å². The summed E-state index contributed by atoms with van der Waals surface area (Å²) < 4.78 is 4.37. The number of hydrogen-bond donors (Lipinski definition) is 0. The van der Waals surface area contributed by atoms with Crippen molar-refractivity contribution in [3.63, 3.8) is 0 Å². The highest BCUT2D eigenvalue weighted by molar-refractivity contribution is 6.18. The van der Waals surface area contributed by atoms with Crippen LogP contribution in [0, 0.1) is 0 Å². The molecule has 1 aliphatic heterocycles. The summed E-state index contributed by atoms with van der Waals surface area (Å²) in [4.78, 5) is 17.9. The van der Waals surface area contributed by atoms with Crippen LogP contribution in [0.1, 0.15) is 0 Å². The van der Waals surface area contributed by atoms with E-state index in [1.807, 2.05) is 0 Å². The Morgan fingerprint density at radius 2 is 2.11 bits per heavy atom. The van der Waals surface area contributed by atoms with Gasteiger partial charge in [0, 0.05) is 12.4 Å². The van der Waals surface area contributed by atoms with Gasteiger partial charge in [-0.3, -0.25) is 9.98 Å². The molecule has 4 nitrogen and oxygen atoms in total. The first kappa shape index (κ1) is 5.94. The van der Waals surface area contributed by atoms with Crippen molar-refractivity contribution in [1.29, 1.82) is 0 Å². The lowest BCUT2D eigenvalue weighted by atomic mass is 10.5. The van der Waals surface area contributed by atoms with Gasteiger partial charge in [0.25, 0.3) is 0 Å². The van der Waals surface area contributed by atoms with E-state index in [1.165, 1.54) is 19.5 Å². The molecule has 0 bridgehead atoms. The van der Waals surface area contributed by atoms with Gasteiger partial charge in [0.15, 0.2) is 0 Å². The van der Waals surface area contributed by atoms with E-state index >= 15 is 0 Å². The zero-order valence-corrected chi connectivity index (χ0v) is 4.94. The average Bonchev–Trinajstić information content (AvgIpc) is 2.37. The van der Waals surface area contributed by atoms with Crippen LogP contribution in [0.5, 0.6) is 0 Å². The van der Waals surface area contributed by atoms with Crippen LogP contribution >= 0.6 is 0 Å². The standard InChI is InChI=1S/C5H6N2O2/c1-9-5(8)4-6-2-3-7-4/h2-4H,1H3. The van der Waals surface area contributed by atoms with Gasteiger partial charge in [0.05, 0.1) is 7.11 Å². The van der Waals surface area contributed by atoms with E-state index in [0.717, 1.165) is 0 Å². The molecule has 1 aliphatic rings. The maximum Gasteiger partial charge on any atom is 0.353 e. The van der Waals surface area contributed by atoms with E-state index in [1.54, 1.807) is 0 Å². The molecule has 0 unspecified atom stereocenters. The summed E-state index contributed by atoms with van der Waals surface area (Å²) in [6.07, 6.45) is 2.30. The predicted octanol–water partition coefficient (Wildman–Crippen LogP) is -0.359. The zero-order chi connectivity index (χ0) is 6.69. The molecule has 48 valence electrons. The van der Waals surface area contributed by atoms with Crippen LogP contribution in [0.3, 0.4) is 0 Å². The van der Waals surface area contributed by atoms with Crippen molar-refractivity contribution in [3.05, 3.63) is 0 Å². The van der Waals surface area contributed by atoms with E-state index in [0.29, 0.717) is 0 Å². The minimum atomic E-state index is -0.644. The minimum absolute atomic E-state index is 0.417. The van der Waals surface area contributed by atoms with Crippen LogP contribution < -0.4 is 0 Å². The van der Waals surface area contributed by atoms with Gasteiger partial charge in [-0.25, -0.2) is 4.79 Å². The molecule has 1 heterocycles. The fourth-order valence-electron chi connectivity index (χ4n) is 0.506. The molecule has 0 atom stereocenters. The molecule has 0 saturated carbocycles. The lowest BCUT2D eigenvalue weighted by molar-refractivity contribution is -0.141. The Hall–Kier alpha value is -1.19. The van der Waals surface area contributed by atoms with Gasteiger partial charge in [0.2, 0.25) is 6.17 Å². The Labute approximate surface area is 52.3 Å². The van der Waals surface area contributed by atoms with Gasteiger partial charge in [-0.05, 0) is 0 Å². The molecule has 0 aromatic heterocycles. The number of esters is 1. The first-order chi connectivity index (χ1) is 4.34. The molecule has 0 radical (unpaired) electrons. The predicted molar refractivity (Wildman–Crippen MR) is 32.8 cm³/mol. The number of carbonyl (C=O) groups is 1. The summed E-state index contributed by atoms with van der Waals surface area (Å²) in [5.74, 6) is -0.417. The summed E-state index contributed by atoms with van der Waals surface area (Å²) in [5.41, 5.74) is 0. The fraction of sp³-hybridized carbons (Fsp3) is 0.400. The lowest BCUT2D eigenvalue weighted by Gasteiger charge is -1.98. The van der Waals surface area contributed by atoms with Crippen LogP contribution in [-0.4, -0.2) is 31.7 Å². The molecule has 9 heavy (non-hydrogen) atoms. The molecule has 0 aromatic carbocycles. The summed E-state index contributed by atoms with van der Waals surface area (Å²) in [7, 11) is 1.31. The Bertz CT molecular complexity index is 162. The second-order valence-corrected chi connectivity index (χ2v) is 1.49. The van der Waals surface area contributed by atoms with Gasteiger partial charge in [0.1, 0.15) is 0 Å². The molecular weight excluding hydrogens is 120 g/mol. The highest BCUT2D eigenvalue weighted by Crippen LogP contribution is 1.97. The second kappa shape index (κ2) is 2.39. The molecule has 0 saturated heterocycles. The van der Waals surface area contributed by atoms with Crippen LogP contribution in [-0.2, 0) is 9.53 Å². The maximum absolute atomic E-state index is 10.6. The molecule has 0 fully saturated rings. The lowest BCUT2D eigenvalue weighted by Crippen LogP contribution is -2.15. The maximum atomic E-state index is 10.6. The third-order valence-corrected chi connectivity index (χ3v) is 0.933. The second-order valence-electron chi connectivity index (χ2n) is 1.49. The van der Waals surface area contributed by atoms with Gasteiger partial charge >= 0.3 is 5.97 Å². The molecule has 0 aromatic rings. The molecule has 0 N–H and O–H groups in total. The van der Waals surface area contributed by atoms with Crippen LogP contribution in [0.2, 0.25) is 0 Å². The zero-order valence-electron chi connectivity index (χ0n) is 4.94. The molecule has 0 spiro atoms. The largest absolute Gasteiger partial charge is 0.466 e. The normalized spacial score (nSPS) is 16.6. The quantitative estimate of drug-likeness (QED) is 0.450. The molecule has 0 aliphatic carbocycles. The Morgan fingerprint density at radius 1 is 1.56 bits per heavy atom. The number of nitrogens with zero attached hydrogens (tertiary/aromatic N) is 2. The first-order valence-corrected chi connectivity index (χ1v) is 2.47. The topological polar surface area (TPSA) is 51.0 Å². The van der Waals surface area contributed by atoms with Crippen LogP contribution in [0.4, 0.5) is 0 Å². The fourth-order valence-corrected chi connectivity index (χ4v) is 0.506. The van der Waals surface area contributed by atoms with Crippen LogP contribution in [0.25, 0.3) is 0 Å². The third kappa shape index (κ3) is 1.13. The summed E-state index contributed by atoms with van der Waals surface area (Å²) in [6.45, 7) is 0. The van der Waals surface area contributed by atoms with Crippen molar-refractivity contribution in [2.45, 2.75) is 6.17 Å². The van der Waals surface area contributed by atoms with Gasteiger partial charge < -0.3 is 4.74 Å². The highest BCUT2D eigenvalue weighted by atomic mass is 16.5. The van der Waals surface area contributed by atoms with Crippen molar-refractivity contribution in [1.82, 2.24) is 0 Å². The SMILES string of the molecule is COC(=O)C1N=CC=N1. The average molecular weight is 126 g/mol. The van der Waals surface area contributed by atoms with E-state index in [2.05, 4.69) is 14.7 Å². The molecule has 1 rings (SSSR count). The number of carbonyl (C=O) groups excluding carboxylic acids is 1. The Balaban J connectivity index is 2.53. The van der Waals surface area contributed by atoms with Crippen molar-refractivity contribution in [2.75, 3.05) is 7.11 Å². The summed E-state index contributed by atoms with van der Waals surface area (Å²) >= 11 is 0. The van der Waals surface area contributed by atoms with E-state index < -0.39 is 12.1 Å². The third-order valence-electron chi connectivity index (χ3n) is 0.933. The van der Waals surface area contributed by atoms with E-state index in [4.69, 9.17) is 0 Å². The number of aliphatic imine (C=N–C) groups is 2.